The molecule has 0 radical (unpaired) electrons. The van der Waals surface area contributed by atoms with Crippen LogP contribution in [-0.4, -0.2) is 65.7 Å². The highest BCUT2D eigenvalue weighted by atomic mass is 31.2. The fraction of sp³-hybridized carbons (Fsp3) is 0.805. The van der Waals surface area contributed by atoms with Crippen LogP contribution in [0.4, 0.5) is 0 Å². The van der Waals surface area contributed by atoms with Crippen LogP contribution in [0.1, 0.15) is 174 Å². The maximum absolute atomic E-state index is 12.6. The summed E-state index contributed by atoms with van der Waals surface area (Å²) in [6.07, 6.45) is 36.8. The van der Waals surface area contributed by atoms with Crippen LogP contribution in [0.2, 0.25) is 0 Å². The summed E-state index contributed by atoms with van der Waals surface area (Å²) in [4.78, 5) is 34.9. The molecular formula is C41H75O10P. The molecule has 0 bridgehead atoms. The summed E-state index contributed by atoms with van der Waals surface area (Å²) < 4.78 is 32.6. The van der Waals surface area contributed by atoms with Crippen molar-refractivity contribution in [2.45, 2.75) is 187 Å². The fourth-order valence-electron chi connectivity index (χ4n) is 5.31. The van der Waals surface area contributed by atoms with Gasteiger partial charge in [-0.15, -0.1) is 0 Å². The second-order valence-corrected chi connectivity index (χ2v) is 15.1. The van der Waals surface area contributed by atoms with E-state index in [1.807, 2.05) is 0 Å². The van der Waals surface area contributed by atoms with E-state index in [4.69, 9.17) is 19.1 Å². The van der Waals surface area contributed by atoms with Crippen LogP contribution in [-0.2, 0) is 32.7 Å². The Bertz CT molecular complexity index is 967. The number of carbonyl (C=O) groups excluding carboxylic acids is 2. The zero-order valence-corrected chi connectivity index (χ0v) is 33.7. The van der Waals surface area contributed by atoms with Crippen LogP contribution < -0.4 is 0 Å². The molecule has 0 saturated carbocycles. The number of phosphoric acid groups is 1. The second-order valence-electron chi connectivity index (χ2n) is 13.7. The number of allylic oxidation sites excluding steroid dienone is 6. The fourth-order valence-corrected chi connectivity index (χ4v) is 6.10. The molecule has 0 aliphatic carbocycles. The Kier molecular flexibility index (Phi) is 36.2. The van der Waals surface area contributed by atoms with E-state index in [0.29, 0.717) is 12.8 Å². The Morgan fingerprint density at radius 2 is 1.00 bits per heavy atom. The van der Waals surface area contributed by atoms with Crippen molar-refractivity contribution in [3.8, 4) is 0 Å². The molecule has 1 unspecified atom stereocenters. The van der Waals surface area contributed by atoms with Gasteiger partial charge in [-0.3, -0.25) is 18.6 Å². The molecule has 0 aromatic rings. The summed E-state index contributed by atoms with van der Waals surface area (Å²) in [5.74, 6) is -0.945. The van der Waals surface area contributed by atoms with Crippen molar-refractivity contribution in [3.05, 3.63) is 36.5 Å². The van der Waals surface area contributed by atoms with Crippen molar-refractivity contribution in [1.82, 2.24) is 0 Å². The Labute approximate surface area is 316 Å². The van der Waals surface area contributed by atoms with Crippen molar-refractivity contribution in [2.24, 2.45) is 0 Å². The molecular weight excluding hydrogens is 683 g/mol. The van der Waals surface area contributed by atoms with E-state index in [9.17, 15) is 24.2 Å². The van der Waals surface area contributed by atoms with Gasteiger partial charge in [-0.2, -0.15) is 0 Å². The molecule has 0 aromatic heterocycles. The van der Waals surface area contributed by atoms with Crippen LogP contribution in [0, 0.1) is 0 Å². The maximum Gasteiger partial charge on any atom is 0.472 e. The third-order valence-electron chi connectivity index (χ3n) is 8.52. The van der Waals surface area contributed by atoms with Crippen LogP contribution in [0.15, 0.2) is 36.5 Å². The van der Waals surface area contributed by atoms with Crippen molar-refractivity contribution in [3.63, 3.8) is 0 Å². The van der Waals surface area contributed by atoms with E-state index in [0.717, 1.165) is 77.0 Å². The lowest BCUT2D eigenvalue weighted by Gasteiger charge is -2.20. The highest BCUT2D eigenvalue weighted by molar-refractivity contribution is 7.47. The van der Waals surface area contributed by atoms with Gasteiger partial charge in [-0.25, -0.2) is 4.57 Å². The van der Waals surface area contributed by atoms with Crippen molar-refractivity contribution >= 4 is 19.8 Å². The molecule has 3 atom stereocenters. The Morgan fingerprint density at radius 1 is 0.577 bits per heavy atom. The highest BCUT2D eigenvalue weighted by Gasteiger charge is 2.27. The summed E-state index contributed by atoms with van der Waals surface area (Å²) >= 11 is 0. The molecule has 0 fully saturated rings. The number of phosphoric ester groups is 1. The van der Waals surface area contributed by atoms with Gasteiger partial charge < -0.3 is 24.6 Å². The van der Waals surface area contributed by atoms with Gasteiger partial charge in [0, 0.05) is 12.8 Å². The molecule has 0 heterocycles. The third-order valence-corrected chi connectivity index (χ3v) is 9.47. The van der Waals surface area contributed by atoms with Crippen LogP contribution in [0.3, 0.4) is 0 Å². The minimum absolute atomic E-state index is 0.174. The molecule has 0 rings (SSSR count). The largest absolute Gasteiger partial charge is 0.472 e. The number of carbonyl (C=O) groups is 2. The van der Waals surface area contributed by atoms with Crippen LogP contribution in [0.5, 0.6) is 0 Å². The average Bonchev–Trinajstić information content (AvgIpc) is 3.13. The number of aliphatic hydroxyl groups excluding tert-OH is 2. The molecule has 0 spiro atoms. The predicted molar refractivity (Wildman–Crippen MR) is 210 cm³/mol. The van der Waals surface area contributed by atoms with Gasteiger partial charge >= 0.3 is 19.8 Å². The van der Waals surface area contributed by atoms with Gasteiger partial charge in [0.25, 0.3) is 0 Å². The molecule has 10 nitrogen and oxygen atoms in total. The first-order valence-electron chi connectivity index (χ1n) is 20.4. The lowest BCUT2D eigenvalue weighted by Crippen LogP contribution is -2.29. The zero-order chi connectivity index (χ0) is 38.4. The second kappa shape index (κ2) is 37.5. The van der Waals surface area contributed by atoms with Crippen molar-refractivity contribution in [1.29, 1.82) is 0 Å². The number of esters is 2. The molecule has 0 aliphatic heterocycles. The van der Waals surface area contributed by atoms with Crippen molar-refractivity contribution < 1.29 is 47.8 Å². The number of unbranched alkanes of at least 4 members (excludes halogenated alkanes) is 18. The van der Waals surface area contributed by atoms with Gasteiger partial charge in [-0.05, 0) is 70.6 Å². The summed E-state index contributed by atoms with van der Waals surface area (Å²) in [7, 11) is -4.62. The summed E-state index contributed by atoms with van der Waals surface area (Å²) in [5, 5.41) is 18.3. The normalized spacial score (nSPS) is 14.3. The van der Waals surface area contributed by atoms with Crippen LogP contribution >= 0.6 is 7.82 Å². The minimum atomic E-state index is -4.62. The maximum atomic E-state index is 12.6. The molecule has 11 heteroatoms. The Hall–Kier alpha value is -1.81. The number of hydrogen-bond donors (Lipinski definition) is 3. The van der Waals surface area contributed by atoms with Gasteiger partial charge in [0.05, 0.1) is 19.8 Å². The van der Waals surface area contributed by atoms with E-state index in [-0.39, 0.29) is 19.4 Å². The lowest BCUT2D eigenvalue weighted by molar-refractivity contribution is -0.161. The molecule has 3 N–H and O–H groups in total. The van der Waals surface area contributed by atoms with Gasteiger partial charge in [-0.1, -0.05) is 127 Å². The van der Waals surface area contributed by atoms with Gasteiger partial charge in [0.2, 0.25) is 0 Å². The molecule has 52 heavy (non-hydrogen) atoms. The SMILES string of the molecule is CCCCC/C=C/C/C=C/CCCCCCCCCC(=O)O[C@H](COC(=O)CCCCCCC/C=C/CCCCC)COP(=O)(O)OC[C@@H](O)CO. The van der Waals surface area contributed by atoms with E-state index in [2.05, 4.69) is 54.8 Å². The lowest BCUT2D eigenvalue weighted by atomic mass is 10.1. The molecule has 0 aliphatic rings. The topological polar surface area (TPSA) is 149 Å². The van der Waals surface area contributed by atoms with E-state index >= 15 is 0 Å². The van der Waals surface area contributed by atoms with E-state index < -0.39 is 51.8 Å². The van der Waals surface area contributed by atoms with E-state index in [1.165, 1.54) is 57.8 Å². The smallest absolute Gasteiger partial charge is 0.462 e. The molecule has 304 valence electrons. The Morgan fingerprint density at radius 3 is 1.50 bits per heavy atom. The quantitative estimate of drug-likeness (QED) is 0.0240. The first kappa shape index (κ1) is 50.2. The summed E-state index contributed by atoms with van der Waals surface area (Å²) in [6.45, 7) is 2.30. The number of ether oxygens (including phenoxy) is 2. The number of hydrogen-bond acceptors (Lipinski definition) is 9. The van der Waals surface area contributed by atoms with E-state index in [1.54, 1.807) is 0 Å². The average molecular weight is 759 g/mol. The molecule has 0 saturated heterocycles. The van der Waals surface area contributed by atoms with Gasteiger partial charge in [0.1, 0.15) is 12.7 Å². The summed E-state index contributed by atoms with van der Waals surface area (Å²) in [6, 6.07) is 0. The standard InChI is InChI=1S/C41H75O10P/c1-3-5-7-9-11-13-15-17-18-19-20-21-23-25-27-29-31-33-41(45)51-39(37-50-52(46,47)49-35-38(43)34-42)36-48-40(44)32-30-28-26-24-22-16-14-12-10-8-6-4-2/h11-14,17-18,38-39,42-43H,3-10,15-16,19-37H2,1-2H3,(H,46,47)/b13-11+,14-12+,18-17+/t38-,39+/m0/s1. The molecule has 0 amide bonds. The molecule has 0 aromatic carbocycles. The van der Waals surface area contributed by atoms with Gasteiger partial charge in [0.15, 0.2) is 6.10 Å². The highest BCUT2D eigenvalue weighted by Crippen LogP contribution is 2.43. The Balaban J connectivity index is 4.34. The number of rotatable bonds is 38. The van der Waals surface area contributed by atoms with Crippen molar-refractivity contribution in [2.75, 3.05) is 26.4 Å². The zero-order valence-electron chi connectivity index (χ0n) is 32.8. The third kappa shape index (κ3) is 36.5. The number of aliphatic hydroxyl groups is 2. The summed E-state index contributed by atoms with van der Waals surface area (Å²) in [5.41, 5.74) is 0. The first-order chi connectivity index (χ1) is 25.2. The minimum Gasteiger partial charge on any atom is -0.462 e. The monoisotopic (exact) mass is 759 g/mol. The predicted octanol–water partition coefficient (Wildman–Crippen LogP) is 10.4. The first-order valence-corrected chi connectivity index (χ1v) is 21.9. The van der Waals surface area contributed by atoms with Crippen LogP contribution in [0.25, 0.3) is 0 Å².